The maximum atomic E-state index is 13.0. The number of alkyl halides is 3. The van der Waals surface area contributed by atoms with Crippen LogP contribution in [0.15, 0.2) is 47.4 Å². The summed E-state index contributed by atoms with van der Waals surface area (Å²) in [6, 6.07) is 10.0. The third kappa shape index (κ3) is 4.85. The molecule has 2 rings (SSSR count). The van der Waals surface area contributed by atoms with E-state index in [4.69, 9.17) is 9.47 Å². The maximum absolute atomic E-state index is 13.0. The number of hydrogen-bond donors (Lipinski definition) is 1. The molecule has 1 amide bonds. The summed E-state index contributed by atoms with van der Waals surface area (Å²) in [6.45, 7) is 1.62. The Morgan fingerprint density at radius 2 is 1.73 bits per heavy atom. The van der Waals surface area contributed by atoms with Crippen molar-refractivity contribution < 1.29 is 27.4 Å². The number of anilines is 1. The zero-order valence-electron chi connectivity index (χ0n) is 14.4. The van der Waals surface area contributed by atoms with Crippen molar-refractivity contribution in [3.05, 3.63) is 48.0 Å². The number of halogens is 3. The van der Waals surface area contributed by atoms with E-state index < -0.39 is 22.9 Å². The SMILES string of the molecule is COc1ccc(S[C@H](C)C(=O)Nc2ccccc2C(F)(F)F)cc1OC. The number of hydrogen-bond acceptors (Lipinski definition) is 4. The van der Waals surface area contributed by atoms with Gasteiger partial charge < -0.3 is 14.8 Å². The number of amides is 1. The van der Waals surface area contributed by atoms with Gasteiger partial charge in [0.2, 0.25) is 5.91 Å². The molecule has 0 saturated heterocycles. The van der Waals surface area contributed by atoms with Crippen LogP contribution in [0.25, 0.3) is 0 Å². The monoisotopic (exact) mass is 385 g/mol. The molecule has 4 nitrogen and oxygen atoms in total. The van der Waals surface area contributed by atoms with Gasteiger partial charge in [-0.05, 0) is 37.3 Å². The van der Waals surface area contributed by atoms with Gasteiger partial charge in [-0.25, -0.2) is 0 Å². The van der Waals surface area contributed by atoms with Crippen molar-refractivity contribution in [2.75, 3.05) is 19.5 Å². The number of benzene rings is 2. The second-order valence-corrected chi connectivity index (χ2v) is 6.72. The van der Waals surface area contributed by atoms with Gasteiger partial charge in [0, 0.05) is 4.90 Å². The smallest absolute Gasteiger partial charge is 0.418 e. The van der Waals surface area contributed by atoms with Crippen molar-refractivity contribution in [3.8, 4) is 11.5 Å². The van der Waals surface area contributed by atoms with E-state index in [1.165, 1.54) is 44.2 Å². The summed E-state index contributed by atoms with van der Waals surface area (Å²) in [4.78, 5) is 13.0. The number of rotatable bonds is 6. The minimum absolute atomic E-state index is 0.259. The maximum Gasteiger partial charge on any atom is 0.418 e. The molecule has 1 N–H and O–H groups in total. The first kappa shape index (κ1) is 20.0. The van der Waals surface area contributed by atoms with E-state index >= 15 is 0 Å². The molecule has 26 heavy (non-hydrogen) atoms. The zero-order valence-corrected chi connectivity index (χ0v) is 15.2. The van der Waals surface area contributed by atoms with Crippen LogP contribution in [0.2, 0.25) is 0 Å². The van der Waals surface area contributed by atoms with Crippen LogP contribution in [0.1, 0.15) is 12.5 Å². The fourth-order valence-corrected chi connectivity index (χ4v) is 3.12. The van der Waals surface area contributed by atoms with E-state index in [0.717, 1.165) is 11.0 Å². The van der Waals surface area contributed by atoms with Crippen LogP contribution in [0.3, 0.4) is 0 Å². The minimum Gasteiger partial charge on any atom is -0.493 e. The van der Waals surface area contributed by atoms with E-state index in [2.05, 4.69) is 5.32 Å². The van der Waals surface area contributed by atoms with Crippen molar-refractivity contribution in [2.45, 2.75) is 23.2 Å². The molecular formula is C18H18F3NO3S. The summed E-state index contributed by atoms with van der Waals surface area (Å²) in [6.07, 6.45) is -4.54. The molecule has 0 spiro atoms. The van der Waals surface area contributed by atoms with Crippen molar-refractivity contribution >= 4 is 23.4 Å². The molecule has 0 fully saturated rings. The van der Waals surface area contributed by atoms with Gasteiger partial charge in [0.25, 0.3) is 0 Å². The molecule has 0 radical (unpaired) electrons. The molecule has 0 heterocycles. The summed E-state index contributed by atoms with van der Waals surface area (Å²) in [5, 5.41) is 1.74. The summed E-state index contributed by atoms with van der Waals surface area (Å²) >= 11 is 1.20. The Balaban J connectivity index is 2.12. The summed E-state index contributed by atoms with van der Waals surface area (Å²) in [5.41, 5.74) is -1.14. The van der Waals surface area contributed by atoms with Crippen LogP contribution in [-0.2, 0) is 11.0 Å². The number of thioether (sulfide) groups is 1. The molecule has 0 aliphatic carbocycles. The van der Waals surface area contributed by atoms with Crippen LogP contribution >= 0.6 is 11.8 Å². The Morgan fingerprint density at radius 1 is 1.08 bits per heavy atom. The normalized spacial score (nSPS) is 12.4. The first-order chi connectivity index (χ1) is 12.3. The van der Waals surface area contributed by atoms with Gasteiger partial charge in [0.1, 0.15) is 0 Å². The molecule has 0 saturated carbocycles. The lowest BCUT2D eigenvalue weighted by atomic mass is 10.1. The van der Waals surface area contributed by atoms with Gasteiger partial charge in [-0.15, -0.1) is 11.8 Å². The number of carbonyl (C=O) groups is 1. The fourth-order valence-electron chi connectivity index (χ4n) is 2.22. The van der Waals surface area contributed by atoms with Crippen molar-refractivity contribution in [1.29, 1.82) is 0 Å². The highest BCUT2D eigenvalue weighted by Gasteiger charge is 2.33. The standard InChI is InChI=1S/C18H18F3NO3S/c1-11(26-12-8-9-15(24-2)16(10-12)25-3)17(23)22-14-7-5-4-6-13(14)18(19,20)21/h4-11H,1-3H3,(H,22,23)/t11-/m1/s1. The number of nitrogens with one attached hydrogen (secondary N) is 1. The Labute approximate surface area is 153 Å². The van der Waals surface area contributed by atoms with Crippen LogP contribution in [0, 0.1) is 0 Å². The van der Waals surface area contributed by atoms with Crippen LogP contribution in [0.4, 0.5) is 18.9 Å². The van der Waals surface area contributed by atoms with Gasteiger partial charge >= 0.3 is 6.18 Å². The first-order valence-corrected chi connectivity index (χ1v) is 8.50. The molecule has 2 aromatic carbocycles. The highest BCUT2D eigenvalue weighted by atomic mass is 32.2. The average Bonchev–Trinajstić information content (AvgIpc) is 2.61. The fraction of sp³-hybridized carbons (Fsp3) is 0.278. The Hall–Kier alpha value is -2.35. The summed E-state index contributed by atoms with van der Waals surface area (Å²) < 4.78 is 49.4. The second kappa shape index (κ2) is 8.35. The van der Waals surface area contributed by atoms with E-state index in [1.54, 1.807) is 25.1 Å². The van der Waals surface area contributed by atoms with Gasteiger partial charge in [0.05, 0.1) is 30.7 Å². The van der Waals surface area contributed by atoms with E-state index in [1.807, 2.05) is 0 Å². The predicted molar refractivity (Wildman–Crippen MR) is 94.9 cm³/mol. The molecule has 8 heteroatoms. The number of methoxy groups -OCH3 is 2. The highest BCUT2D eigenvalue weighted by molar-refractivity contribution is 8.00. The Morgan fingerprint density at radius 3 is 2.35 bits per heavy atom. The lowest BCUT2D eigenvalue weighted by Gasteiger charge is -2.16. The Kier molecular flexibility index (Phi) is 6.42. The van der Waals surface area contributed by atoms with Gasteiger partial charge in [0.15, 0.2) is 11.5 Å². The molecular weight excluding hydrogens is 367 g/mol. The van der Waals surface area contributed by atoms with E-state index in [0.29, 0.717) is 11.5 Å². The summed E-state index contributed by atoms with van der Waals surface area (Å²) in [7, 11) is 3.01. The van der Waals surface area contributed by atoms with Gasteiger partial charge in [-0.1, -0.05) is 12.1 Å². The van der Waals surface area contributed by atoms with Gasteiger partial charge in [-0.3, -0.25) is 4.79 Å². The third-order valence-corrected chi connectivity index (χ3v) is 4.62. The van der Waals surface area contributed by atoms with Crippen molar-refractivity contribution in [1.82, 2.24) is 0 Å². The molecule has 0 aliphatic heterocycles. The van der Waals surface area contributed by atoms with Gasteiger partial charge in [-0.2, -0.15) is 13.2 Å². The highest BCUT2D eigenvalue weighted by Crippen LogP contribution is 2.36. The molecule has 1 atom stereocenters. The lowest BCUT2D eigenvalue weighted by Crippen LogP contribution is -2.24. The number of para-hydroxylation sites is 1. The van der Waals surface area contributed by atoms with Crippen molar-refractivity contribution in [3.63, 3.8) is 0 Å². The summed E-state index contributed by atoms with van der Waals surface area (Å²) in [5.74, 6) is 0.530. The van der Waals surface area contributed by atoms with Crippen LogP contribution < -0.4 is 14.8 Å². The second-order valence-electron chi connectivity index (χ2n) is 5.31. The zero-order chi connectivity index (χ0) is 19.3. The molecule has 140 valence electrons. The number of ether oxygens (including phenoxy) is 2. The third-order valence-electron chi connectivity index (χ3n) is 3.53. The van der Waals surface area contributed by atoms with Crippen LogP contribution in [-0.4, -0.2) is 25.4 Å². The lowest BCUT2D eigenvalue weighted by molar-refractivity contribution is -0.137. The molecule has 0 bridgehead atoms. The average molecular weight is 385 g/mol. The topological polar surface area (TPSA) is 47.6 Å². The van der Waals surface area contributed by atoms with Crippen molar-refractivity contribution in [2.24, 2.45) is 0 Å². The quantitative estimate of drug-likeness (QED) is 0.723. The first-order valence-electron chi connectivity index (χ1n) is 7.62. The minimum atomic E-state index is -4.54. The molecule has 0 aliphatic rings. The largest absolute Gasteiger partial charge is 0.493 e. The number of carbonyl (C=O) groups excluding carboxylic acids is 1. The molecule has 0 unspecified atom stereocenters. The van der Waals surface area contributed by atoms with E-state index in [-0.39, 0.29) is 5.69 Å². The molecule has 0 aromatic heterocycles. The van der Waals surface area contributed by atoms with E-state index in [9.17, 15) is 18.0 Å². The molecule has 2 aromatic rings. The predicted octanol–water partition coefficient (Wildman–Crippen LogP) is 4.84. The van der Waals surface area contributed by atoms with Crippen LogP contribution in [0.5, 0.6) is 11.5 Å². The Bertz CT molecular complexity index is 781.